The van der Waals surface area contributed by atoms with E-state index in [4.69, 9.17) is 4.74 Å². The lowest BCUT2D eigenvalue weighted by Gasteiger charge is -2.37. The Morgan fingerprint density at radius 1 is 1.19 bits per heavy atom. The monoisotopic (exact) mass is 370 g/mol. The second-order valence-corrected chi connectivity index (χ2v) is 7.50. The number of carbonyl (C=O) groups is 2. The summed E-state index contributed by atoms with van der Waals surface area (Å²) in [6, 6.07) is 4.07. The van der Waals surface area contributed by atoms with Crippen LogP contribution in [0.1, 0.15) is 37.2 Å². The number of hydrogen-bond acceptors (Lipinski definition) is 4. The number of amides is 2. The summed E-state index contributed by atoms with van der Waals surface area (Å²) in [5, 5.41) is 1.18. The predicted octanol–water partition coefficient (Wildman–Crippen LogP) is 2.75. The number of methoxy groups -OCH3 is 1. The molecular formula is C20H26N4O3. The van der Waals surface area contributed by atoms with Crippen LogP contribution in [0.2, 0.25) is 0 Å². The van der Waals surface area contributed by atoms with Gasteiger partial charge in [-0.2, -0.15) is 0 Å². The molecule has 0 bridgehead atoms. The molecular weight excluding hydrogens is 344 g/mol. The van der Waals surface area contributed by atoms with E-state index in [1.807, 2.05) is 11.0 Å². The fraction of sp³-hybridized carbons (Fsp3) is 0.550. The van der Waals surface area contributed by atoms with Crippen molar-refractivity contribution in [2.45, 2.75) is 31.6 Å². The number of hydrogen-bond donors (Lipinski definition) is 1. The van der Waals surface area contributed by atoms with E-state index in [-0.39, 0.29) is 17.9 Å². The minimum absolute atomic E-state index is 0.105. The number of pyridine rings is 1. The molecule has 2 aliphatic rings. The van der Waals surface area contributed by atoms with Crippen LogP contribution in [0.3, 0.4) is 0 Å². The van der Waals surface area contributed by atoms with E-state index in [1.54, 1.807) is 11.1 Å². The molecule has 27 heavy (non-hydrogen) atoms. The van der Waals surface area contributed by atoms with Crippen molar-refractivity contribution >= 4 is 23.0 Å². The van der Waals surface area contributed by atoms with Crippen molar-refractivity contribution < 1.29 is 14.3 Å². The smallest absolute Gasteiger partial charge is 0.409 e. The molecule has 1 N–H and O–H groups in total. The van der Waals surface area contributed by atoms with Gasteiger partial charge in [0.1, 0.15) is 5.65 Å². The third-order valence-electron chi connectivity index (χ3n) is 5.93. The third-order valence-corrected chi connectivity index (χ3v) is 5.93. The van der Waals surface area contributed by atoms with Crippen LogP contribution in [0.15, 0.2) is 24.5 Å². The zero-order valence-electron chi connectivity index (χ0n) is 15.7. The van der Waals surface area contributed by atoms with Gasteiger partial charge < -0.3 is 19.5 Å². The van der Waals surface area contributed by atoms with E-state index in [0.717, 1.165) is 44.4 Å². The van der Waals surface area contributed by atoms with Gasteiger partial charge in [0.25, 0.3) is 0 Å². The first-order valence-electron chi connectivity index (χ1n) is 9.71. The summed E-state index contributed by atoms with van der Waals surface area (Å²) < 4.78 is 4.81. The quantitative estimate of drug-likeness (QED) is 0.882. The van der Waals surface area contributed by atoms with Crippen molar-refractivity contribution in [3.63, 3.8) is 0 Å². The standard InChI is InChI=1S/C20H26N4O3/c1-27-20(26)24-9-3-4-15(13-24)19(25)23-10-6-14(7-11-23)17-12-22-18-16(17)5-2-8-21-18/h2,5,8,12,14-15H,3-4,6-7,9-11,13H2,1H3,(H,21,22). The van der Waals surface area contributed by atoms with Gasteiger partial charge >= 0.3 is 6.09 Å². The van der Waals surface area contributed by atoms with E-state index in [9.17, 15) is 9.59 Å². The van der Waals surface area contributed by atoms with Crippen LogP contribution >= 0.6 is 0 Å². The summed E-state index contributed by atoms with van der Waals surface area (Å²) in [6.07, 6.45) is 7.15. The van der Waals surface area contributed by atoms with E-state index >= 15 is 0 Å². The lowest BCUT2D eigenvalue weighted by Crippen LogP contribution is -2.48. The Kier molecular flexibility index (Phi) is 5.01. The van der Waals surface area contributed by atoms with Gasteiger partial charge in [0, 0.05) is 44.0 Å². The molecule has 144 valence electrons. The Hall–Kier alpha value is -2.57. The van der Waals surface area contributed by atoms with Crippen LogP contribution in [-0.2, 0) is 9.53 Å². The summed E-state index contributed by atoms with van der Waals surface area (Å²) in [7, 11) is 1.39. The maximum Gasteiger partial charge on any atom is 0.409 e. The average Bonchev–Trinajstić information content (AvgIpc) is 3.17. The number of nitrogens with zero attached hydrogens (tertiary/aromatic N) is 3. The molecule has 0 radical (unpaired) electrons. The molecule has 0 aromatic carbocycles. The van der Waals surface area contributed by atoms with Crippen LogP contribution < -0.4 is 0 Å². The molecule has 2 saturated heterocycles. The Morgan fingerprint density at radius 2 is 2.00 bits per heavy atom. The number of aromatic amines is 1. The minimum atomic E-state index is -0.334. The highest BCUT2D eigenvalue weighted by molar-refractivity contribution is 5.81. The van der Waals surface area contributed by atoms with Gasteiger partial charge in [-0.15, -0.1) is 0 Å². The highest BCUT2D eigenvalue weighted by Crippen LogP contribution is 2.33. The molecule has 0 spiro atoms. The summed E-state index contributed by atoms with van der Waals surface area (Å²) in [5.41, 5.74) is 2.23. The fourth-order valence-electron chi connectivity index (χ4n) is 4.46. The maximum absolute atomic E-state index is 12.9. The first kappa shape index (κ1) is 17.8. The molecule has 2 amide bonds. The Morgan fingerprint density at radius 3 is 2.78 bits per heavy atom. The van der Waals surface area contributed by atoms with Crippen molar-refractivity contribution in [2.24, 2.45) is 5.92 Å². The van der Waals surface area contributed by atoms with Gasteiger partial charge in [-0.25, -0.2) is 9.78 Å². The first-order chi connectivity index (χ1) is 13.2. The van der Waals surface area contributed by atoms with E-state index in [1.165, 1.54) is 18.1 Å². The van der Waals surface area contributed by atoms with Crippen molar-refractivity contribution in [1.82, 2.24) is 19.8 Å². The van der Waals surface area contributed by atoms with Gasteiger partial charge in [0.05, 0.1) is 13.0 Å². The van der Waals surface area contributed by atoms with Crippen molar-refractivity contribution in [1.29, 1.82) is 0 Å². The summed E-state index contributed by atoms with van der Waals surface area (Å²) in [5.74, 6) is 0.527. The predicted molar refractivity (Wildman–Crippen MR) is 101 cm³/mol. The first-order valence-corrected chi connectivity index (χ1v) is 9.71. The number of piperidine rings is 2. The SMILES string of the molecule is COC(=O)N1CCCC(C(=O)N2CCC(c3c[nH]c4ncccc34)CC2)C1. The molecule has 2 aliphatic heterocycles. The summed E-state index contributed by atoms with van der Waals surface area (Å²) in [6.45, 7) is 2.68. The summed E-state index contributed by atoms with van der Waals surface area (Å²) in [4.78, 5) is 36.0. The third kappa shape index (κ3) is 3.50. The van der Waals surface area contributed by atoms with Crippen molar-refractivity contribution in [2.75, 3.05) is 33.3 Å². The molecule has 7 nitrogen and oxygen atoms in total. The molecule has 0 aliphatic carbocycles. The molecule has 0 saturated carbocycles. The number of aromatic nitrogens is 2. The molecule has 2 aromatic rings. The van der Waals surface area contributed by atoms with E-state index < -0.39 is 0 Å². The number of ether oxygens (including phenoxy) is 1. The van der Waals surface area contributed by atoms with Crippen LogP contribution in [0.25, 0.3) is 11.0 Å². The highest BCUT2D eigenvalue weighted by Gasteiger charge is 2.33. The molecule has 1 atom stereocenters. The lowest BCUT2D eigenvalue weighted by molar-refractivity contribution is -0.138. The zero-order valence-corrected chi connectivity index (χ0v) is 15.7. The van der Waals surface area contributed by atoms with E-state index in [2.05, 4.69) is 22.2 Å². The highest BCUT2D eigenvalue weighted by atomic mass is 16.5. The average molecular weight is 370 g/mol. The molecule has 7 heteroatoms. The van der Waals surface area contributed by atoms with Crippen LogP contribution in [0, 0.1) is 5.92 Å². The topological polar surface area (TPSA) is 78.5 Å². The van der Waals surface area contributed by atoms with Crippen LogP contribution in [0.4, 0.5) is 4.79 Å². The molecule has 1 unspecified atom stereocenters. The number of nitrogens with one attached hydrogen (secondary N) is 1. The fourth-order valence-corrected chi connectivity index (χ4v) is 4.46. The van der Waals surface area contributed by atoms with Gasteiger partial charge in [-0.05, 0) is 49.3 Å². The Balaban J connectivity index is 1.37. The molecule has 2 aromatic heterocycles. The molecule has 2 fully saturated rings. The van der Waals surface area contributed by atoms with Crippen LogP contribution in [-0.4, -0.2) is 65.1 Å². The number of carbonyl (C=O) groups excluding carboxylic acids is 2. The van der Waals surface area contributed by atoms with Crippen molar-refractivity contribution in [3.05, 3.63) is 30.1 Å². The molecule has 4 heterocycles. The van der Waals surface area contributed by atoms with Crippen LogP contribution in [0.5, 0.6) is 0 Å². The normalized spacial score (nSPS) is 21.4. The van der Waals surface area contributed by atoms with Gasteiger partial charge in [0.2, 0.25) is 5.91 Å². The van der Waals surface area contributed by atoms with Gasteiger partial charge in [0.15, 0.2) is 0 Å². The second-order valence-electron chi connectivity index (χ2n) is 7.50. The number of H-pyrrole nitrogens is 1. The van der Waals surface area contributed by atoms with Gasteiger partial charge in [-0.1, -0.05) is 0 Å². The number of rotatable bonds is 2. The minimum Gasteiger partial charge on any atom is -0.453 e. The second kappa shape index (κ2) is 7.58. The maximum atomic E-state index is 12.9. The Labute approximate surface area is 158 Å². The number of likely N-dealkylation sites (tertiary alicyclic amines) is 2. The van der Waals surface area contributed by atoms with E-state index in [0.29, 0.717) is 19.0 Å². The largest absolute Gasteiger partial charge is 0.453 e. The van der Waals surface area contributed by atoms with Crippen molar-refractivity contribution in [3.8, 4) is 0 Å². The Bertz CT molecular complexity index is 825. The molecule has 4 rings (SSSR count). The summed E-state index contributed by atoms with van der Waals surface area (Å²) >= 11 is 0. The number of fused-ring (bicyclic) bond motifs is 1. The zero-order chi connectivity index (χ0) is 18.8. The van der Waals surface area contributed by atoms with Gasteiger partial charge in [-0.3, -0.25) is 4.79 Å². The lowest BCUT2D eigenvalue weighted by atomic mass is 9.88.